The van der Waals surface area contributed by atoms with Gasteiger partial charge in [0.2, 0.25) is 5.88 Å². The fourth-order valence-electron chi connectivity index (χ4n) is 5.49. The van der Waals surface area contributed by atoms with E-state index in [0.29, 0.717) is 53.7 Å². The first kappa shape index (κ1) is 33.8. The Morgan fingerprint density at radius 2 is 1.80 bits per heavy atom. The fourth-order valence-corrected chi connectivity index (χ4v) is 5.92. The second-order valence-corrected chi connectivity index (χ2v) is 12.2. The number of allylic oxidation sites excluding steroid dienone is 2. The molecule has 6 rings (SSSR count). The number of nitriles is 1. The molecule has 0 fully saturated rings. The maximum atomic E-state index is 9.36. The SMILES string of the molecule is COc1ccc(CNc2ccc3c(CCc4cc(Oc5cc(Cl)cc(C#N)c5)c(Cl)c(OC)n4)nn(CC4=CCC(OC)C=C4)c3n2)cc1. The van der Waals surface area contributed by atoms with Crippen LogP contribution in [0, 0.1) is 11.3 Å². The molecule has 0 saturated heterocycles. The predicted molar refractivity (Wildman–Crippen MR) is 190 cm³/mol. The van der Waals surface area contributed by atoms with E-state index in [0.717, 1.165) is 45.9 Å². The molecule has 0 saturated carbocycles. The molecule has 0 amide bonds. The Kier molecular flexibility index (Phi) is 10.6. The molecule has 0 spiro atoms. The highest BCUT2D eigenvalue weighted by Crippen LogP contribution is 2.37. The zero-order chi connectivity index (χ0) is 34.3. The van der Waals surface area contributed by atoms with E-state index in [1.54, 1.807) is 38.5 Å². The van der Waals surface area contributed by atoms with Crippen molar-refractivity contribution in [3.05, 3.63) is 117 Å². The minimum atomic E-state index is 0.0746. The van der Waals surface area contributed by atoms with Gasteiger partial charge in [0.05, 0.1) is 44.2 Å². The smallest absolute Gasteiger partial charge is 0.236 e. The number of nitrogens with zero attached hydrogens (tertiary/aromatic N) is 5. The second kappa shape index (κ2) is 15.4. The second-order valence-electron chi connectivity index (χ2n) is 11.3. The lowest BCUT2D eigenvalue weighted by molar-refractivity contribution is 0.142. The van der Waals surface area contributed by atoms with Crippen molar-refractivity contribution in [2.45, 2.75) is 38.5 Å². The molecule has 49 heavy (non-hydrogen) atoms. The Balaban J connectivity index is 1.27. The molecule has 2 aromatic carbocycles. The van der Waals surface area contributed by atoms with Crippen LogP contribution in [0.1, 0.15) is 28.9 Å². The number of halogens is 2. The Morgan fingerprint density at radius 3 is 2.51 bits per heavy atom. The third-order valence-corrected chi connectivity index (χ3v) is 8.63. The summed E-state index contributed by atoms with van der Waals surface area (Å²) in [6.07, 6.45) is 8.30. The monoisotopic (exact) mass is 696 g/mol. The zero-order valence-electron chi connectivity index (χ0n) is 27.2. The summed E-state index contributed by atoms with van der Waals surface area (Å²) >= 11 is 12.8. The molecule has 10 nitrogen and oxygen atoms in total. The number of methoxy groups -OCH3 is 3. The molecule has 3 heterocycles. The highest BCUT2D eigenvalue weighted by atomic mass is 35.5. The van der Waals surface area contributed by atoms with Gasteiger partial charge in [-0.3, -0.25) is 0 Å². The molecule has 5 aromatic rings. The Morgan fingerprint density at radius 1 is 0.959 bits per heavy atom. The Hall–Kier alpha value is -5.08. The van der Waals surface area contributed by atoms with E-state index in [1.165, 1.54) is 7.11 Å². The highest BCUT2D eigenvalue weighted by molar-refractivity contribution is 6.33. The van der Waals surface area contributed by atoms with Gasteiger partial charge in [0.1, 0.15) is 22.3 Å². The van der Waals surface area contributed by atoms with E-state index in [4.69, 9.17) is 52.2 Å². The van der Waals surface area contributed by atoms with Gasteiger partial charge in [0.25, 0.3) is 0 Å². The summed E-state index contributed by atoms with van der Waals surface area (Å²) in [6.45, 7) is 1.17. The summed E-state index contributed by atoms with van der Waals surface area (Å²) in [7, 11) is 4.87. The van der Waals surface area contributed by atoms with Gasteiger partial charge in [-0.2, -0.15) is 10.4 Å². The summed E-state index contributed by atoms with van der Waals surface area (Å²) in [5, 5.41) is 19.4. The third kappa shape index (κ3) is 8.15. The van der Waals surface area contributed by atoms with Gasteiger partial charge in [-0.25, -0.2) is 14.6 Å². The summed E-state index contributed by atoms with van der Waals surface area (Å²) < 4.78 is 24.3. The first-order valence-corrected chi connectivity index (χ1v) is 16.4. The largest absolute Gasteiger partial charge is 0.497 e. The van der Waals surface area contributed by atoms with Crippen molar-refractivity contribution in [2.24, 2.45) is 0 Å². The number of fused-ring (bicyclic) bond motifs is 1. The van der Waals surface area contributed by atoms with Crippen LogP contribution in [0.3, 0.4) is 0 Å². The van der Waals surface area contributed by atoms with Crippen LogP contribution in [0.4, 0.5) is 5.82 Å². The van der Waals surface area contributed by atoms with Gasteiger partial charge in [-0.1, -0.05) is 53.6 Å². The number of ether oxygens (including phenoxy) is 4. The maximum Gasteiger partial charge on any atom is 0.236 e. The normalized spacial score (nSPS) is 14.0. The summed E-state index contributed by atoms with van der Waals surface area (Å²) in [5.41, 5.74) is 4.96. The van der Waals surface area contributed by atoms with Crippen LogP contribution < -0.4 is 19.5 Å². The molecule has 250 valence electrons. The predicted octanol–water partition coefficient (Wildman–Crippen LogP) is 8.11. The van der Waals surface area contributed by atoms with E-state index in [-0.39, 0.29) is 17.0 Å². The average molecular weight is 698 g/mol. The number of rotatable bonds is 13. The van der Waals surface area contributed by atoms with Crippen molar-refractivity contribution in [2.75, 3.05) is 26.6 Å². The molecule has 0 aliphatic heterocycles. The van der Waals surface area contributed by atoms with Crippen molar-refractivity contribution in [1.82, 2.24) is 19.7 Å². The summed E-state index contributed by atoms with van der Waals surface area (Å²) in [6, 6.07) is 20.6. The van der Waals surface area contributed by atoms with Gasteiger partial charge in [0, 0.05) is 35.8 Å². The van der Waals surface area contributed by atoms with Crippen LogP contribution in [-0.4, -0.2) is 47.2 Å². The molecule has 12 heteroatoms. The lowest BCUT2D eigenvalue weighted by Crippen LogP contribution is -2.11. The van der Waals surface area contributed by atoms with Crippen molar-refractivity contribution < 1.29 is 18.9 Å². The number of aromatic nitrogens is 4. The molecular weight excluding hydrogens is 663 g/mol. The lowest BCUT2D eigenvalue weighted by Gasteiger charge is -2.15. The number of benzene rings is 2. The zero-order valence-corrected chi connectivity index (χ0v) is 28.8. The molecule has 1 aliphatic carbocycles. The number of aryl methyl sites for hydroxylation is 2. The van der Waals surface area contributed by atoms with Crippen LogP contribution in [0.2, 0.25) is 10.0 Å². The number of nitrogens with one attached hydrogen (secondary N) is 1. The van der Waals surface area contributed by atoms with Gasteiger partial charge in [0.15, 0.2) is 11.4 Å². The lowest BCUT2D eigenvalue weighted by atomic mass is 10.1. The molecule has 1 N–H and O–H groups in total. The first-order valence-electron chi connectivity index (χ1n) is 15.6. The molecule has 0 bridgehead atoms. The van der Waals surface area contributed by atoms with Crippen LogP contribution in [0.25, 0.3) is 11.0 Å². The van der Waals surface area contributed by atoms with Gasteiger partial charge < -0.3 is 24.3 Å². The molecule has 1 atom stereocenters. The van der Waals surface area contributed by atoms with Crippen molar-refractivity contribution in [3.63, 3.8) is 0 Å². The van der Waals surface area contributed by atoms with Crippen molar-refractivity contribution >= 4 is 40.1 Å². The van der Waals surface area contributed by atoms with Gasteiger partial charge in [-0.15, -0.1) is 0 Å². The average Bonchev–Trinajstić information content (AvgIpc) is 3.47. The van der Waals surface area contributed by atoms with E-state index in [9.17, 15) is 5.26 Å². The Bertz CT molecular complexity index is 2070. The van der Waals surface area contributed by atoms with Gasteiger partial charge >= 0.3 is 0 Å². The van der Waals surface area contributed by atoms with E-state index < -0.39 is 0 Å². The molecule has 1 aliphatic rings. The third-order valence-electron chi connectivity index (χ3n) is 8.06. The minimum Gasteiger partial charge on any atom is -0.497 e. The Labute approximate surface area is 294 Å². The van der Waals surface area contributed by atoms with E-state index in [1.807, 2.05) is 35.0 Å². The number of anilines is 1. The molecule has 3 aromatic heterocycles. The van der Waals surface area contributed by atoms with Crippen LogP contribution >= 0.6 is 23.2 Å². The van der Waals surface area contributed by atoms with E-state index >= 15 is 0 Å². The van der Waals surface area contributed by atoms with Crippen molar-refractivity contribution in [3.8, 4) is 29.2 Å². The number of pyridine rings is 2. The van der Waals surface area contributed by atoms with Crippen molar-refractivity contribution in [1.29, 1.82) is 5.26 Å². The van der Waals surface area contributed by atoms with Gasteiger partial charge in [-0.05, 0) is 72.9 Å². The minimum absolute atomic E-state index is 0.0746. The quantitative estimate of drug-likeness (QED) is 0.130. The van der Waals surface area contributed by atoms with Crippen LogP contribution in [-0.2, 0) is 30.7 Å². The number of hydrogen-bond donors (Lipinski definition) is 1. The fraction of sp³-hybridized carbons (Fsp3) is 0.243. The number of hydrogen-bond acceptors (Lipinski definition) is 9. The van der Waals surface area contributed by atoms with Crippen LogP contribution in [0.15, 0.2) is 84.5 Å². The summed E-state index contributed by atoms with van der Waals surface area (Å²) in [5.74, 6) is 2.50. The first-order chi connectivity index (χ1) is 23.8. The highest BCUT2D eigenvalue weighted by Gasteiger charge is 2.18. The maximum absolute atomic E-state index is 9.36. The molecule has 0 radical (unpaired) electrons. The topological polar surface area (TPSA) is 116 Å². The van der Waals surface area contributed by atoms with Crippen LogP contribution in [0.5, 0.6) is 23.1 Å². The molecular formula is C37H34Cl2N6O4. The molecule has 1 unspecified atom stereocenters. The summed E-state index contributed by atoms with van der Waals surface area (Å²) in [4.78, 5) is 9.62. The standard InChI is InChI=1S/C37H34Cl2N6O4/c1-46-28-9-4-23(5-10-28)21-41-34-15-13-31-32(44-45(36(31)43-34)22-24-6-11-29(47-2)12-7-24)14-8-27-19-33(35(39)37(42-27)48-3)49-30-17-25(20-40)16-26(38)18-30/h4-7,9-11,13,15-19,29H,8,12,14,21-22H2,1-3H3,(H,41,43). The van der Waals surface area contributed by atoms with E-state index in [2.05, 4.69) is 40.7 Å².